The largest absolute Gasteiger partial charge is 0.374 e. The second-order valence-corrected chi connectivity index (χ2v) is 8.48. The molecule has 5 rings (SSSR count). The van der Waals surface area contributed by atoms with Crippen molar-refractivity contribution in [2.75, 3.05) is 30.4 Å². The molecule has 2 aliphatic heterocycles. The van der Waals surface area contributed by atoms with E-state index in [1.54, 1.807) is 12.3 Å². The lowest BCUT2D eigenvalue weighted by Crippen LogP contribution is -2.31. The topological polar surface area (TPSA) is 61.4 Å². The summed E-state index contributed by atoms with van der Waals surface area (Å²) in [6.07, 6.45) is 6.90. The molecule has 0 aliphatic carbocycles. The molecule has 4 heterocycles. The first-order valence-electron chi connectivity index (χ1n) is 11.1. The van der Waals surface area contributed by atoms with Crippen LogP contribution in [-0.2, 0) is 6.42 Å². The predicted octanol–water partition coefficient (Wildman–Crippen LogP) is 4.72. The lowest BCUT2D eigenvalue weighted by molar-refractivity contribution is 0.0733. The summed E-state index contributed by atoms with van der Waals surface area (Å²) in [5.74, 6) is 0.251. The lowest BCUT2D eigenvalue weighted by atomic mass is 9.99. The number of pyridine rings is 2. The minimum atomic E-state index is -0.374. The molecule has 1 atom stereocenters. The van der Waals surface area contributed by atoms with Crippen LogP contribution in [0.3, 0.4) is 0 Å². The highest BCUT2D eigenvalue weighted by Crippen LogP contribution is 2.34. The Labute approximate surface area is 187 Å². The van der Waals surface area contributed by atoms with Crippen molar-refractivity contribution in [3.05, 3.63) is 77.5 Å². The Morgan fingerprint density at radius 1 is 1.06 bits per heavy atom. The number of hydrogen-bond donors (Lipinski definition) is 1. The highest BCUT2D eigenvalue weighted by atomic mass is 19.1. The molecular weight excluding hydrogens is 405 g/mol. The van der Waals surface area contributed by atoms with E-state index in [1.807, 2.05) is 23.1 Å². The normalized spacial score (nSPS) is 17.9. The highest BCUT2D eigenvalue weighted by Gasteiger charge is 2.32. The van der Waals surface area contributed by atoms with Gasteiger partial charge < -0.3 is 15.1 Å². The molecule has 32 heavy (non-hydrogen) atoms. The van der Waals surface area contributed by atoms with E-state index >= 15 is 0 Å². The van der Waals surface area contributed by atoms with E-state index in [0.717, 1.165) is 55.7 Å². The molecule has 1 fully saturated rings. The minimum absolute atomic E-state index is 0.0285. The van der Waals surface area contributed by atoms with Gasteiger partial charge in [0, 0.05) is 31.4 Å². The molecule has 7 heteroatoms. The monoisotopic (exact) mass is 431 g/mol. The predicted molar refractivity (Wildman–Crippen MR) is 123 cm³/mol. The molecule has 1 amide bonds. The molecule has 1 saturated heterocycles. The summed E-state index contributed by atoms with van der Waals surface area (Å²) in [6.45, 7) is 1.80. The third-order valence-electron chi connectivity index (χ3n) is 6.32. The number of nitrogens with zero attached hydrogens (tertiary/aromatic N) is 4. The van der Waals surface area contributed by atoms with Crippen LogP contribution < -0.4 is 10.2 Å². The number of halogens is 1. The molecule has 6 nitrogen and oxygen atoms in total. The summed E-state index contributed by atoms with van der Waals surface area (Å²) in [5, 5.41) is 3.12. The van der Waals surface area contributed by atoms with Crippen LogP contribution in [0.1, 0.15) is 46.9 Å². The van der Waals surface area contributed by atoms with E-state index in [1.165, 1.54) is 23.5 Å². The molecule has 0 spiro atoms. The van der Waals surface area contributed by atoms with Gasteiger partial charge >= 0.3 is 0 Å². The average Bonchev–Trinajstić information content (AvgIpc) is 3.30. The number of carbonyl (C=O) groups is 1. The van der Waals surface area contributed by atoms with Crippen molar-refractivity contribution in [1.29, 1.82) is 0 Å². The molecule has 0 bridgehead atoms. The summed E-state index contributed by atoms with van der Waals surface area (Å²) in [5.41, 5.74) is 4.88. The number of amides is 1. The Morgan fingerprint density at radius 2 is 1.97 bits per heavy atom. The number of aromatic nitrogens is 2. The van der Waals surface area contributed by atoms with E-state index in [2.05, 4.69) is 39.4 Å². The summed E-state index contributed by atoms with van der Waals surface area (Å²) in [4.78, 5) is 26.2. The minimum Gasteiger partial charge on any atom is -0.374 e. The van der Waals surface area contributed by atoms with Gasteiger partial charge in [-0.25, -0.2) is 9.37 Å². The van der Waals surface area contributed by atoms with Crippen molar-refractivity contribution in [3.63, 3.8) is 0 Å². The van der Waals surface area contributed by atoms with Gasteiger partial charge in [-0.05, 0) is 73.7 Å². The second-order valence-electron chi connectivity index (χ2n) is 8.48. The first-order valence-corrected chi connectivity index (χ1v) is 11.1. The molecule has 0 radical (unpaired) electrons. The van der Waals surface area contributed by atoms with Gasteiger partial charge in [-0.15, -0.1) is 0 Å². The maximum Gasteiger partial charge on any atom is 0.254 e. The van der Waals surface area contributed by atoms with Crippen molar-refractivity contribution in [3.8, 4) is 0 Å². The fourth-order valence-electron chi connectivity index (χ4n) is 4.68. The summed E-state index contributed by atoms with van der Waals surface area (Å²) in [6, 6.07) is 12.9. The molecule has 1 aromatic carbocycles. The lowest BCUT2D eigenvalue weighted by Gasteiger charge is -2.29. The standard InChI is InChI=1S/C25H26FN5O/c1-30-12-2-4-17-14-18(6-10-22(17)30)25(32)31-13-3-5-23(31)21-9-8-20(16-27-21)29-24-11-7-19(26)15-28-24/h6-11,14-16,23H,2-5,12-13H2,1H3,(H,28,29)/t23-/m0/s1. The van der Waals surface area contributed by atoms with Crippen LogP contribution in [0.15, 0.2) is 54.9 Å². The SMILES string of the molecule is CN1CCCc2cc(C(=O)N3CCC[C@H]3c3ccc(Nc4ccc(F)cn4)cn3)ccc21. The van der Waals surface area contributed by atoms with Crippen LogP contribution in [0.25, 0.3) is 0 Å². The summed E-state index contributed by atoms with van der Waals surface area (Å²) < 4.78 is 13.0. The van der Waals surface area contributed by atoms with Crippen LogP contribution in [0.5, 0.6) is 0 Å². The molecular formula is C25H26FN5O. The molecule has 0 unspecified atom stereocenters. The maximum atomic E-state index is 13.4. The first kappa shape index (κ1) is 20.4. The van der Waals surface area contributed by atoms with Gasteiger partial charge in [0.15, 0.2) is 0 Å². The second kappa shape index (κ2) is 8.57. The Kier molecular flexibility index (Phi) is 5.47. The zero-order valence-electron chi connectivity index (χ0n) is 18.1. The third-order valence-corrected chi connectivity index (χ3v) is 6.32. The molecule has 2 aromatic heterocycles. The van der Waals surface area contributed by atoms with Gasteiger partial charge in [-0.2, -0.15) is 0 Å². The fourth-order valence-corrected chi connectivity index (χ4v) is 4.68. The van der Waals surface area contributed by atoms with Crippen molar-refractivity contribution in [1.82, 2.24) is 14.9 Å². The van der Waals surface area contributed by atoms with Gasteiger partial charge in [-0.3, -0.25) is 9.78 Å². The average molecular weight is 432 g/mol. The van der Waals surface area contributed by atoms with E-state index < -0.39 is 0 Å². The van der Waals surface area contributed by atoms with Crippen LogP contribution in [0.2, 0.25) is 0 Å². The van der Waals surface area contributed by atoms with Gasteiger partial charge in [0.2, 0.25) is 0 Å². The first-order chi connectivity index (χ1) is 15.6. The Hall–Kier alpha value is -3.48. The number of fused-ring (bicyclic) bond motifs is 1. The Morgan fingerprint density at radius 3 is 2.75 bits per heavy atom. The van der Waals surface area contributed by atoms with Crippen LogP contribution in [-0.4, -0.2) is 40.9 Å². The zero-order chi connectivity index (χ0) is 22.1. The smallest absolute Gasteiger partial charge is 0.254 e. The number of benzene rings is 1. The van der Waals surface area contributed by atoms with Crippen molar-refractivity contribution in [2.24, 2.45) is 0 Å². The van der Waals surface area contributed by atoms with E-state index in [9.17, 15) is 9.18 Å². The summed E-state index contributed by atoms with van der Waals surface area (Å²) >= 11 is 0. The van der Waals surface area contributed by atoms with Crippen LogP contribution in [0.4, 0.5) is 21.6 Å². The van der Waals surface area contributed by atoms with Gasteiger partial charge in [0.25, 0.3) is 5.91 Å². The number of hydrogen-bond acceptors (Lipinski definition) is 5. The highest BCUT2D eigenvalue weighted by molar-refractivity contribution is 5.95. The molecule has 1 N–H and O–H groups in total. The quantitative estimate of drug-likeness (QED) is 0.648. The van der Waals surface area contributed by atoms with Crippen molar-refractivity contribution < 1.29 is 9.18 Å². The van der Waals surface area contributed by atoms with Gasteiger partial charge in [0.05, 0.1) is 29.8 Å². The molecule has 0 saturated carbocycles. The third kappa shape index (κ3) is 4.02. The van der Waals surface area contributed by atoms with Gasteiger partial charge in [-0.1, -0.05) is 0 Å². The number of likely N-dealkylation sites (tertiary alicyclic amines) is 1. The molecule has 164 valence electrons. The maximum absolute atomic E-state index is 13.4. The van der Waals surface area contributed by atoms with Crippen molar-refractivity contribution in [2.45, 2.75) is 31.7 Å². The van der Waals surface area contributed by atoms with E-state index in [4.69, 9.17) is 0 Å². The van der Waals surface area contributed by atoms with Crippen LogP contribution in [0, 0.1) is 5.82 Å². The number of rotatable bonds is 4. The zero-order valence-corrected chi connectivity index (χ0v) is 18.1. The van der Waals surface area contributed by atoms with Gasteiger partial charge in [0.1, 0.15) is 11.6 Å². The van der Waals surface area contributed by atoms with Crippen molar-refractivity contribution >= 4 is 23.1 Å². The number of aryl methyl sites for hydroxylation is 1. The number of anilines is 3. The summed E-state index contributed by atoms with van der Waals surface area (Å²) in [7, 11) is 2.10. The molecule has 2 aliphatic rings. The van der Waals surface area contributed by atoms with Crippen LogP contribution >= 0.6 is 0 Å². The van der Waals surface area contributed by atoms with E-state index in [0.29, 0.717) is 5.82 Å². The number of nitrogens with one attached hydrogen (secondary N) is 1. The Bertz CT molecular complexity index is 1120. The fraction of sp³-hybridized carbons (Fsp3) is 0.320. The molecule has 3 aromatic rings. The number of carbonyl (C=O) groups excluding carboxylic acids is 1. The Balaban J connectivity index is 1.32. The van der Waals surface area contributed by atoms with E-state index in [-0.39, 0.29) is 17.8 Å².